The summed E-state index contributed by atoms with van der Waals surface area (Å²) in [5, 5.41) is 25.0. The summed E-state index contributed by atoms with van der Waals surface area (Å²) < 4.78 is 0. The lowest BCUT2D eigenvalue weighted by molar-refractivity contribution is 0.546. The molecule has 2 aromatic carbocycles. The minimum absolute atomic E-state index is 0.268. The molecular formula is C20H22N4. The van der Waals surface area contributed by atoms with Crippen molar-refractivity contribution in [2.24, 2.45) is 0 Å². The summed E-state index contributed by atoms with van der Waals surface area (Å²) in [6.07, 6.45) is 1.90. The molecule has 0 spiro atoms. The number of rotatable bonds is 9. The van der Waals surface area contributed by atoms with Crippen LogP contribution in [0.1, 0.15) is 36.1 Å². The molecular weight excluding hydrogens is 296 g/mol. The van der Waals surface area contributed by atoms with Gasteiger partial charge in [0.1, 0.15) is 12.1 Å². The highest BCUT2D eigenvalue weighted by Gasteiger charge is 2.09. The lowest BCUT2D eigenvalue weighted by Gasteiger charge is -2.13. The SMILES string of the molecule is N#CC(NCCCCNC(C#N)c1ccccc1)c1ccccc1. The summed E-state index contributed by atoms with van der Waals surface area (Å²) in [7, 11) is 0. The van der Waals surface area contributed by atoms with Gasteiger partial charge in [-0.15, -0.1) is 0 Å². The lowest BCUT2D eigenvalue weighted by atomic mass is 10.1. The lowest BCUT2D eigenvalue weighted by Crippen LogP contribution is -2.24. The molecule has 2 aromatic rings. The van der Waals surface area contributed by atoms with E-state index in [1.807, 2.05) is 60.7 Å². The third-order valence-corrected chi connectivity index (χ3v) is 3.82. The van der Waals surface area contributed by atoms with Gasteiger partial charge in [-0.1, -0.05) is 60.7 Å². The Labute approximate surface area is 143 Å². The quantitative estimate of drug-likeness (QED) is 0.694. The predicted molar refractivity (Wildman–Crippen MR) is 94.8 cm³/mol. The van der Waals surface area contributed by atoms with Crippen molar-refractivity contribution >= 4 is 0 Å². The van der Waals surface area contributed by atoms with Crippen molar-refractivity contribution in [3.05, 3.63) is 71.8 Å². The fourth-order valence-electron chi connectivity index (χ4n) is 2.51. The Balaban J connectivity index is 1.66. The molecule has 0 fully saturated rings. The smallest absolute Gasteiger partial charge is 0.121 e. The first-order chi connectivity index (χ1) is 11.8. The molecule has 2 N–H and O–H groups in total. The first kappa shape index (κ1) is 17.7. The zero-order valence-corrected chi connectivity index (χ0v) is 13.7. The first-order valence-electron chi connectivity index (χ1n) is 8.21. The van der Waals surface area contributed by atoms with E-state index in [2.05, 4.69) is 22.8 Å². The second kappa shape index (κ2) is 10.2. The van der Waals surface area contributed by atoms with Crippen LogP contribution in [-0.4, -0.2) is 13.1 Å². The van der Waals surface area contributed by atoms with E-state index in [0.717, 1.165) is 37.1 Å². The largest absolute Gasteiger partial charge is 0.298 e. The Hall–Kier alpha value is -2.66. The average Bonchev–Trinajstić information content (AvgIpc) is 2.66. The Bertz CT molecular complexity index is 609. The second-order valence-corrected chi connectivity index (χ2v) is 5.56. The Morgan fingerprint density at radius 3 is 1.38 bits per heavy atom. The van der Waals surface area contributed by atoms with Gasteiger partial charge >= 0.3 is 0 Å². The minimum atomic E-state index is -0.268. The van der Waals surface area contributed by atoms with Gasteiger partial charge in [0.2, 0.25) is 0 Å². The summed E-state index contributed by atoms with van der Waals surface area (Å²) in [6.45, 7) is 1.55. The number of hydrogen-bond donors (Lipinski definition) is 2. The Kier molecular flexibility index (Phi) is 7.50. The van der Waals surface area contributed by atoms with E-state index in [-0.39, 0.29) is 12.1 Å². The topological polar surface area (TPSA) is 71.6 Å². The number of hydrogen-bond acceptors (Lipinski definition) is 4. The molecule has 2 atom stereocenters. The molecule has 2 unspecified atom stereocenters. The second-order valence-electron chi connectivity index (χ2n) is 5.56. The molecule has 0 bridgehead atoms. The summed E-state index contributed by atoms with van der Waals surface area (Å²) in [5.41, 5.74) is 1.98. The summed E-state index contributed by atoms with van der Waals surface area (Å²) in [5.74, 6) is 0. The van der Waals surface area contributed by atoms with Crippen molar-refractivity contribution in [3.8, 4) is 12.1 Å². The zero-order chi connectivity index (χ0) is 17.0. The third-order valence-electron chi connectivity index (χ3n) is 3.82. The summed E-state index contributed by atoms with van der Waals surface area (Å²) in [4.78, 5) is 0. The van der Waals surface area contributed by atoms with Crippen LogP contribution in [0.5, 0.6) is 0 Å². The van der Waals surface area contributed by atoms with Gasteiger partial charge < -0.3 is 0 Å². The van der Waals surface area contributed by atoms with Gasteiger partial charge in [-0.3, -0.25) is 10.6 Å². The van der Waals surface area contributed by atoms with Gasteiger partial charge in [-0.05, 0) is 37.1 Å². The van der Waals surface area contributed by atoms with Crippen molar-refractivity contribution < 1.29 is 0 Å². The van der Waals surface area contributed by atoms with Gasteiger partial charge in [0.25, 0.3) is 0 Å². The average molecular weight is 318 g/mol. The molecule has 2 rings (SSSR count). The molecule has 0 saturated carbocycles. The summed E-state index contributed by atoms with van der Waals surface area (Å²) >= 11 is 0. The number of benzene rings is 2. The van der Waals surface area contributed by atoms with Crippen LogP contribution in [0.15, 0.2) is 60.7 Å². The molecule has 122 valence electrons. The number of unbranched alkanes of at least 4 members (excludes halogenated alkanes) is 1. The molecule has 0 saturated heterocycles. The molecule has 0 aliphatic carbocycles. The minimum Gasteiger partial charge on any atom is -0.298 e. The van der Waals surface area contributed by atoms with Crippen molar-refractivity contribution in [1.82, 2.24) is 10.6 Å². The van der Waals surface area contributed by atoms with Crippen LogP contribution in [0.2, 0.25) is 0 Å². The maximum atomic E-state index is 9.25. The van der Waals surface area contributed by atoms with E-state index in [0.29, 0.717) is 0 Å². The van der Waals surface area contributed by atoms with Crippen LogP contribution in [0.3, 0.4) is 0 Å². The van der Waals surface area contributed by atoms with Gasteiger partial charge in [-0.25, -0.2) is 0 Å². The first-order valence-corrected chi connectivity index (χ1v) is 8.21. The monoisotopic (exact) mass is 318 g/mol. The number of nitrogens with one attached hydrogen (secondary N) is 2. The van der Waals surface area contributed by atoms with Crippen LogP contribution in [0.25, 0.3) is 0 Å². The van der Waals surface area contributed by atoms with Gasteiger partial charge in [-0.2, -0.15) is 10.5 Å². The molecule has 0 amide bonds. The normalized spacial score (nSPS) is 12.8. The van der Waals surface area contributed by atoms with Crippen molar-refractivity contribution in [3.63, 3.8) is 0 Å². The van der Waals surface area contributed by atoms with E-state index in [1.165, 1.54) is 0 Å². The maximum Gasteiger partial charge on any atom is 0.121 e. The fraction of sp³-hybridized carbons (Fsp3) is 0.300. The van der Waals surface area contributed by atoms with E-state index in [4.69, 9.17) is 0 Å². The van der Waals surface area contributed by atoms with E-state index < -0.39 is 0 Å². The van der Waals surface area contributed by atoms with Crippen molar-refractivity contribution in [1.29, 1.82) is 10.5 Å². The van der Waals surface area contributed by atoms with Crippen LogP contribution in [0, 0.1) is 22.7 Å². The molecule has 0 aliphatic heterocycles. The molecule has 0 radical (unpaired) electrons. The standard InChI is InChI=1S/C20H22N4/c21-15-19(17-9-3-1-4-10-17)23-13-7-8-14-24-20(16-22)18-11-5-2-6-12-18/h1-6,9-12,19-20,23-24H,7-8,13-14H2. The summed E-state index contributed by atoms with van der Waals surface area (Å²) in [6, 6.07) is 23.5. The molecule has 0 heterocycles. The number of nitrogens with zero attached hydrogens (tertiary/aromatic N) is 2. The predicted octanol–water partition coefficient (Wildman–Crippen LogP) is 3.48. The molecule has 0 aliphatic rings. The van der Waals surface area contributed by atoms with E-state index >= 15 is 0 Å². The van der Waals surface area contributed by atoms with Crippen molar-refractivity contribution in [2.45, 2.75) is 24.9 Å². The molecule has 4 nitrogen and oxygen atoms in total. The highest BCUT2D eigenvalue weighted by Crippen LogP contribution is 2.12. The maximum absolute atomic E-state index is 9.25. The van der Waals surface area contributed by atoms with E-state index in [9.17, 15) is 10.5 Å². The van der Waals surface area contributed by atoms with Gasteiger partial charge in [0.15, 0.2) is 0 Å². The Morgan fingerprint density at radius 1 is 0.667 bits per heavy atom. The van der Waals surface area contributed by atoms with Crippen LogP contribution in [0.4, 0.5) is 0 Å². The molecule has 24 heavy (non-hydrogen) atoms. The third kappa shape index (κ3) is 5.52. The highest BCUT2D eigenvalue weighted by molar-refractivity contribution is 5.24. The fourth-order valence-corrected chi connectivity index (χ4v) is 2.51. The van der Waals surface area contributed by atoms with Gasteiger partial charge in [0.05, 0.1) is 12.1 Å². The number of nitriles is 2. The van der Waals surface area contributed by atoms with E-state index in [1.54, 1.807) is 0 Å². The van der Waals surface area contributed by atoms with Crippen LogP contribution >= 0.6 is 0 Å². The highest BCUT2D eigenvalue weighted by atomic mass is 14.9. The van der Waals surface area contributed by atoms with Crippen molar-refractivity contribution in [2.75, 3.05) is 13.1 Å². The van der Waals surface area contributed by atoms with Gasteiger partial charge in [0, 0.05) is 0 Å². The van der Waals surface area contributed by atoms with Crippen LogP contribution < -0.4 is 10.6 Å². The Morgan fingerprint density at radius 2 is 1.04 bits per heavy atom. The van der Waals surface area contributed by atoms with Crippen LogP contribution in [-0.2, 0) is 0 Å². The molecule has 4 heteroatoms. The zero-order valence-electron chi connectivity index (χ0n) is 13.7. The molecule has 0 aromatic heterocycles.